The number of aromatic nitrogens is 5. The summed E-state index contributed by atoms with van der Waals surface area (Å²) in [5, 5.41) is 7.35. The molecule has 0 radical (unpaired) electrons. The average Bonchev–Trinajstić information content (AvgIpc) is 3.52. The number of pyridine rings is 1. The van der Waals surface area contributed by atoms with Crippen LogP contribution in [0.4, 0.5) is 14.6 Å². The fraction of sp³-hybridized carbons (Fsp3) is 0.172. The minimum absolute atomic E-state index is 0.160. The summed E-state index contributed by atoms with van der Waals surface area (Å²) in [6.07, 6.45) is 0.189. The van der Waals surface area contributed by atoms with Gasteiger partial charge in [-0.15, -0.1) is 11.3 Å². The van der Waals surface area contributed by atoms with Crippen LogP contribution < -0.4 is 16.0 Å². The summed E-state index contributed by atoms with van der Waals surface area (Å²) in [5.41, 5.74) is 9.13. The lowest BCUT2D eigenvalue weighted by atomic mass is 9.95. The Morgan fingerprint density at radius 3 is 2.61 bits per heavy atom. The van der Waals surface area contributed by atoms with Crippen LogP contribution in [-0.2, 0) is 0 Å². The van der Waals surface area contributed by atoms with E-state index in [0.717, 1.165) is 11.1 Å². The number of nitrogen functional groups attached to an aromatic ring is 1. The van der Waals surface area contributed by atoms with E-state index in [4.69, 9.17) is 27.2 Å². The number of thiazole rings is 1. The summed E-state index contributed by atoms with van der Waals surface area (Å²) in [5.74, 6) is -0.816. The highest BCUT2D eigenvalue weighted by atomic mass is 35.5. The number of ether oxygens (including phenoxy) is 1. The van der Waals surface area contributed by atoms with Crippen LogP contribution in [0.5, 0.6) is 5.75 Å². The molecule has 2 N–H and O–H groups in total. The maximum atomic E-state index is 14.9. The fourth-order valence-corrected chi connectivity index (χ4v) is 6.23. The molecule has 1 unspecified atom stereocenters. The van der Waals surface area contributed by atoms with Crippen LogP contribution in [0, 0.1) is 5.82 Å². The normalized spacial score (nSPS) is 13.1. The first kappa shape index (κ1) is 26.9. The largest absolute Gasteiger partial charge is 0.458 e. The Morgan fingerprint density at radius 2 is 1.90 bits per heavy atom. The molecule has 8 nitrogen and oxygen atoms in total. The Hall–Kier alpha value is -4.35. The molecule has 0 saturated heterocycles. The monoisotopic (exact) mass is 592 g/mol. The van der Waals surface area contributed by atoms with E-state index in [1.807, 2.05) is 43.3 Å². The van der Waals surface area contributed by atoms with Crippen molar-refractivity contribution in [2.24, 2.45) is 0 Å². The van der Waals surface area contributed by atoms with Crippen molar-refractivity contribution in [2.75, 3.05) is 5.73 Å². The average molecular weight is 593 g/mol. The summed E-state index contributed by atoms with van der Waals surface area (Å²) in [6, 6.07) is 14.9. The first-order chi connectivity index (χ1) is 19.8. The number of fused-ring (bicyclic) bond motifs is 2. The Labute approximate surface area is 241 Å². The van der Waals surface area contributed by atoms with Gasteiger partial charge in [0.1, 0.15) is 27.8 Å². The second kappa shape index (κ2) is 10.6. The van der Waals surface area contributed by atoms with Gasteiger partial charge in [0, 0.05) is 17.9 Å². The van der Waals surface area contributed by atoms with Crippen LogP contribution in [0.15, 0.2) is 71.1 Å². The Bertz CT molecular complexity index is 1970. The van der Waals surface area contributed by atoms with Crippen LogP contribution in [0.2, 0.25) is 5.15 Å². The molecule has 4 heterocycles. The van der Waals surface area contributed by atoms with Gasteiger partial charge >= 0.3 is 0 Å². The predicted molar refractivity (Wildman–Crippen MR) is 157 cm³/mol. The van der Waals surface area contributed by atoms with Crippen LogP contribution >= 0.6 is 22.9 Å². The van der Waals surface area contributed by atoms with Crippen molar-refractivity contribution < 1.29 is 13.5 Å². The van der Waals surface area contributed by atoms with E-state index in [-0.39, 0.29) is 17.1 Å². The van der Waals surface area contributed by atoms with Crippen LogP contribution in [0.3, 0.4) is 0 Å². The van der Waals surface area contributed by atoms with Crippen LogP contribution in [0.25, 0.3) is 38.2 Å². The molecule has 0 aliphatic carbocycles. The summed E-state index contributed by atoms with van der Waals surface area (Å²) in [6.45, 7) is 3.15. The summed E-state index contributed by atoms with van der Waals surface area (Å²) >= 11 is 7.76. The number of rotatable bonds is 7. The number of nitrogens with zero attached hydrogens (tertiary/aromatic N) is 5. The molecular formula is C29H23ClF2N6O2S. The third-order valence-corrected chi connectivity index (χ3v) is 8.10. The van der Waals surface area contributed by atoms with Crippen molar-refractivity contribution in [1.82, 2.24) is 24.1 Å². The molecule has 0 fully saturated rings. The molecule has 208 valence electrons. The lowest BCUT2D eigenvalue weighted by Gasteiger charge is -2.20. The minimum atomic E-state index is -1.68. The van der Waals surface area contributed by atoms with Gasteiger partial charge < -0.3 is 10.5 Å². The van der Waals surface area contributed by atoms with Crippen molar-refractivity contribution in [2.45, 2.75) is 32.7 Å². The highest BCUT2D eigenvalue weighted by Gasteiger charge is 2.27. The van der Waals surface area contributed by atoms with E-state index in [1.165, 1.54) is 41.1 Å². The first-order valence-electron chi connectivity index (χ1n) is 12.8. The maximum absolute atomic E-state index is 14.9. The zero-order chi connectivity index (χ0) is 28.8. The van der Waals surface area contributed by atoms with Crippen LogP contribution in [0.1, 0.15) is 31.9 Å². The molecule has 0 amide bonds. The van der Waals surface area contributed by atoms with Gasteiger partial charge in [-0.1, -0.05) is 48.9 Å². The number of anilines is 1. The third kappa shape index (κ3) is 4.60. The van der Waals surface area contributed by atoms with Gasteiger partial charge in [-0.3, -0.25) is 9.20 Å². The zero-order valence-electron chi connectivity index (χ0n) is 21.9. The maximum Gasteiger partial charge on any atom is 0.265 e. The Balaban J connectivity index is 1.61. The van der Waals surface area contributed by atoms with E-state index in [0.29, 0.717) is 44.3 Å². The molecule has 0 saturated carbocycles. The van der Waals surface area contributed by atoms with E-state index in [1.54, 1.807) is 16.1 Å². The molecule has 6 aromatic rings. The van der Waals surface area contributed by atoms with Gasteiger partial charge in [0.2, 0.25) is 6.36 Å². The molecule has 0 bridgehead atoms. The van der Waals surface area contributed by atoms with Crippen LogP contribution in [-0.4, -0.2) is 30.5 Å². The van der Waals surface area contributed by atoms with Crippen molar-refractivity contribution >= 4 is 44.6 Å². The summed E-state index contributed by atoms with van der Waals surface area (Å²) in [7, 11) is 0. The molecule has 41 heavy (non-hydrogen) atoms. The van der Waals surface area contributed by atoms with E-state index >= 15 is 0 Å². The van der Waals surface area contributed by atoms with Gasteiger partial charge in [0.15, 0.2) is 17.2 Å². The number of benzene rings is 2. The van der Waals surface area contributed by atoms with Crippen molar-refractivity contribution in [3.05, 3.63) is 93.2 Å². The van der Waals surface area contributed by atoms with Gasteiger partial charge in [0.25, 0.3) is 5.56 Å². The number of nitrogens with two attached hydrogens (primary N) is 1. The molecule has 2 aromatic carbocycles. The third-order valence-electron chi connectivity index (χ3n) is 6.81. The first-order valence-corrected chi connectivity index (χ1v) is 14.0. The van der Waals surface area contributed by atoms with E-state index < -0.39 is 18.2 Å². The molecule has 0 aliphatic rings. The number of alkyl halides is 1. The lowest BCUT2D eigenvalue weighted by molar-refractivity contribution is 0.0815. The molecule has 4 aromatic heterocycles. The molecular weight excluding hydrogens is 570 g/mol. The minimum Gasteiger partial charge on any atom is -0.458 e. The molecule has 2 atom stereocenters. The van der Waals surface area contributed by atoms with Gasteiger partial charge in [-0.2, -0.15) is 5.10 Å². The van der Waals surface area contributed by atoms with Crippen molar-refractivity contribution in [3.63, 3.8) is 0 Å². The summed E-state index contributed by atoms with van der Waals surface area (Å²) < 4.78 is 36.3. The fourth-order valence-electron chi connectivity index (χ4n) is 5.07. The van der Waals surface area contributed by atoms with Gasteiger partial charge in [0.05, 0.1) is 17.0 Å². The molecule has 12 heteroatoms. The van der Waals surface area contributed by atoms with Crippen molar-refractivity contribution in [1.29, 1.82) is 0 Å². The smallest absolute Gasteiger partial charge is 0.265 e. The zero-order valence-corrected chi connectivity index (χ0v) is 23.5. The van der Waals surface area contributed by atoms with E-state index in [9.17, 15) is 13.6 Å². The topological polar surface area (TPSA) is 100 Å². The highest BCUT2D eigenvalue weighted by Crippen LogP contribution is 2.38. The second-order valence-corrected chi connectivity index (χ2v) is 10.6. The van der Waals surface area contributed by atoms with E-state index in [2.05, 4.69) is 9.97 Å². The number of hydrogen-bond donors (Lipinski definition) is 1. The number of halogens is 3. The standard InChI is InChI=1S/C29H23ClF2N6O2S/c1-3-20(18-12-23-37(22(30)13-41-23)29(39)24(18)16-7-5-4-6-8-16)38-28-25(27(33)34-14-35-28)26(36-38)17-9-10-21(19(32)11-17)40-15(2)31/h4-15,20H,3H2,1-2H3,(H2,33,34,35)/t15?,20-/m0/s1. The highest BCUT2D eigenvalue weighted by molar-refractivity contribution is 7.16. The predicted octanol–water partition coefficient (Wildman–Crippen LogP) is 6.90. The van der Waals surface area contributed by atoms with Gasteiger partial charge in [-0.05, 0) is 41.8 Å². The molecule has 0 aliphatic heterocycles. The quantitative estimate of drug-likeness (QED) is 0.216. The Morgan fingerprint density at radius 1 is 1.12 bits per heavy atom. The number of hydrogen-bond acceptors (Lipinski definition) is 7. The van der Waals surface area contributed by atoms with Crippen molar-refractivity contribution in [3.8, 4) is 28.1 Å². The lowest BCUT2D eigenvalue weighted by Crippen LogP contribution is -2.21. The SMILES string of the molecule is CC[C@@H](c1cc2scc(Cl)n2c(=O)c1-c1ccccc1)n1nc(-c2ccc(OC(C)F)c(F)c2)c2c(N)ncnc21. The molecule has 6 rings (SSSR count). The second-order valence-electron chi connectivity index (χ2n) is 9.36. The summed E-state index contributed by atoms with van der Waals surface area (Å²) in [4.78, 5) is 23.2. The Kier molecular flexibility index (Phi) is 6.92. The molecule has 0 spiro atoms. The van der Waals surface area contributed by atoms with Gasteiger partial charge in [-0.25, -0.2) is 23.4 Å².